The van der Waals surface area contributed by atoms with Gasteiger partial charge in [-0.2, -0.15) is 0 Å². The Hall–Kier alpha value is -3.20. The number of carbonyl (C=O) groups is 2. The van der Waals surface area contributed by atoms with Gasteiger partial charge in [0.1, 0.15) is 10.8 Å². The maximum absolute atomic E-state index is 11.3. The molecule has 5 N–H and O–H groups in total. The molecule has 8 nitrogen and oxygen atoms in total. The van der Waals surface area contributed by atoms with Crippen LogP contribution in [0.4, 0.5) is 11.5 Å². The first-order chi connectivity index (χ1) is 13.4. The third-order valence-corrected chi connectivity index (χ3v) is 4.64. The summed E-state index contributed by atoms with van der Waals surface area (Å²) >= 11 is 1.20. The van der Waals surface area contributed by atoms with Crippen LogP contribution >= 0.6 is 11.8 Å². The largest absolute Gasteiger partial charge is 0.383 e. The highest BCUT2D eigenvalue weighted by Gasteiger charge is 2.19. The minimum Gasteiger partial charge on any atom is -0.383 e. The lowest BCUT2D eigenvalue weighted by Gasteiger charge is -2.16. The molecule has 1 aromatic heterocycles. The molecule has 1 heterocycles. The quantitative estimate of drug-likeness (QED) is 0.484. The summed E-state index contributed by atoms with van der Waals surface area (Å²) in [7, 11) is 3.29. The van der Waals surface area contributed by atoms with Gasteiger partial charge >= 0.3 is 0 Å². The predicted octanol–water partition coefficient (Wildman–Crippen LogP) is 1.96. The molecule has 0 unspecified atom stereocenters. The number of carbonyl (C=O) groups excluding carboxylic acids is 2. The van der Waals surface area contributed by atoms with Gasteiger partial charge in [-0.1, -0.05) is 23.9 Å². The fourth-order valence-corrected chi connectivity index (χ4v) is 3.35. The normalized spacial score (nSPS) is 11.2. The predicted molar refractivity (Wildman–Crippen MR) is 115 cm³/mol. The first kappa shape index (κ1) is 21.1. The smallest absolute Gasteiger partial charge is 0.227 e. The van der Waals surface area contributed by atoms with Crippen molar-refractivity contribution >= 4 is 47.5 Å². The first-order valence-corrected chi connectivity index (χ1v) is 9.32. The van der Waals surface area contributed by atoms with Crippen LogP contribution in [-0.2, 0) is 9.59 Å². The number of aromatic nitrogens is 1. The highest BCUT2D eigenvalue weighted by molar-refractivity contribution is 8.00. The van der Waals surface area contributed by atoms with Gasteiger partial charge in [-0.3, -0.25) is 19.6 Å². The van der Waals surface area contributed by atoms with Crippen LogP contribution in [0.2, 0.25) is 0 Å². The average Bonchev–Trinajstić information content (AvgIpc) is 2.63. The number of nitrogen functional groups attached to an aromatic ring is 1. The van der Waals surface area contributed by atoms with Crippen molar-refractivity contribution in [3.05, 3.63) is 35.4 Å². The lowest BCUT2D eigenvalue weighted by Crippen LogP contribution is -2.14. The van der Waals surface area contributed by atoms with Crippen LogP contribution in [0.25, 0.3) is 11.1 Å². The van der Waals surface area contributed by atoms with Crippen molar-refractivity contribution in [1.82, 2.24) is 4.98 Å². The number of nitrogens with zero attached hydrogens (tertiary/aromatic N) is 3. The molecule has 9 heteroatoms. The zero-order chi connectivity index (χ0) is 20.7. The second-order valence-corrected chi connectivity index (χ2v) is 6.76. The monoisotopic (exact) mass is 398 g/mol. The molecule has 0 atom stereocenters. The third-order valence-electron chi connectivity index (χ3n) is 3.63. The van der Waals surface area contributed by atoms with Crippen molar-refractivity contribution in [3.63, 3.8) is 0 Å². The molecule has 0 saturated heterocycles. The number of nitrogens with two attached hydrogens (primary N) is 2. The number of pyridine rings is 1. The number of aliphatic imine (C=N–C) groups is 2. The van der Waals surface area contributed by atoms with Crippen LogP contribution in [0.3, 0.4) is 0 Å². The van der Waals surface area contributed by atoms with E-state index >= 15 is 0 Å². The Labute approximate surface area is 167 Å². The van der Waals surface area contributed by atoms with Gasteiger partial charge in [0.25, 0.3) is 0 Å². The summed E-state index contributed by atoms with van der Waals surface area (Å²) in [6.45, 7) is 1.45. The zero-order valence-electron chi connectivity index (χ0n) is 15.9. The fraction of sp³-hybridized carbons (Fsp3) is 0.211. The van der Waals surface area contributed by atoms with Crippen molar-refractivity contribution in [3.8, 4) is 11.1 Å². The van der Waals surface area contributed by atoms with Gasteiger partial charge in [-0.05, 0) is 17.7 Å². The van der Waals surface area contributed by atoms with Crippen LogP contribution in [0.5, 0.6) is 0 Å². The average molecular weight is 398 g/mol. The van der Waals surface area contributed by atoms with Gasteiger partial charge in [-0.15, -0.1) is 0 Å². The molecule has 0 aliphatic rings. The topological polar surface area (TPSA) is 136 Å². The van der Waals surface area contributed by atoms with E-state index in [0.29, 0.717) is 21.8 Å². The van der Waals surface area contributed by atoms with E-state index in [1.54, 1.807) is 38.7 Å². The van der Waals surface area contributed by atoms with Crippen LogP contribution in [-0.4, -0.2) is 49.1 Å². The summed E-state index contributed by atoms with van der Waals surface area (Å²) in [4.78, 5) is 35.1. The van der Waals surface area contributed by atoms with E-state index < -0.39 is 5.91 Å². The van der Waals surface area contributed by atoms with E-state index in [4.69, 9.17) is 11.5 Å². The Bertz CT molecular complexity index is 938. The lowest BCUT2D eigenvalue weighted by molar-refractivity contribution is -0.116. The van der Waals surface area contributed by atoms with E-state index in [1.165, 1.54) is 18.7 Å². The summed E-state index contributed by atoms with van der Waals surface area (Å²) < 4.78 is 0. The standard InChI is InChI=1S/C19H22N6O2S/c1-11(26)24-13-6-4-12(5-7-13)17-14(8-22-2)18(21)25-19(15(17)9-23-3)28-10-16(20)27/h4-9H,10H2,1-3H3,(H2,20,27)(H2,21,25)(H,24,26). The van der Waals surface area contributed by atoms with Gasteiger partial charge in [0.2, 0.25) is 11.8 Å². The third kappa shape index (κ3) is 5.17. The Kier molecular flexibility index (Phi) is 7.28. The van der Waals surface area contributed by atoms with Crippen LogP contribution < -0.4 is 16.8 Å². The van der Waals surface area contributed by atoms with E-state index in [1.807, 2.05) is 12.1 Å². The van der Waals surface area contributed by atoms with E-state index in [-0.39, 0.29) is 17.5 Å². The molecule has 0 saturated carbocycles. The highest BCUT2D eigenvalue weighted by Crippen LogP contribution is 2.35. The second kappa shape index (κ2) is 9.65. The number of primary amides is 1. The van der Waals surface area contributed by atoms with Crippen molar-refractivity contribution < 1.29 is 9.59 Å². The second-order valence-electron chi connectivity index (χ2n) is 5.79. The molecule has 2 amide bonds. The van der Waals surface area contributed by atoms with Crippen molar-refractivity contribution in [2.24, 2.45) is 15.7 Å². The Morgan fingerprint density at radius 1 is 1.14 bits per heavy atom. The SMILES string of the molecule is CN=Cc1c(N)nc(SCC(N)=O)c(C=NC)c1-c1ccc(NC(C)=O)cc1. The number of hydrogen-bond donors (Lipinski definition) is 3. The van der Waals surface area contributed by atoms with Gasteiger partial charge in [0.15, 0.2) is 0 Å². The Morgan fingerprint density at radius 3 is 2.29 bits per heavy atom. The molecule has 0 aliphatic heterocycles. The zero-order valence-corrected chi connectivity index (χ0v) is 16.7. The van der Waals surface area contributed by atoms with Gasteiger partial charge in [-0.25, -0.2) is 4.98 Å². The van der Waals surface area contributed by atoms with Gasteiger partial charge in [0.05, 0.1) is 5.75 Å². The number of hydrogen-bond acceptors (Lipinski definition) is 7. The maximum Gasteiger partial charge on any atom is 0.227 e. The molecule has 146 valence electrons. The van der Waals surface area contributed by atoms with Crippen LogP contribution in [0, 0.1) is 0 Å². The number of nitrogens with one attached hydrogen (secondary N) is 1. The van der Waals surface area contributed by atoms with E-state index in [2.05, 4.69) is 20.3 Å². The molecule has 0 fully saturated rings. The summed E-state index contributed by atoms with van der Waals surface area (Å²) in [5.41, 5.74) is 15.1. The molecule has 2 aromatic rings. The minimum atomic E-state index is -0.454. The molecule has 28 heavy (non-hydrogen) atoms. The van der Waals surface area contributed by atoms with E-state index in [0.717, 1.165) is 11.1 Å². The molecule has 2 rings (SSSR count). The summed E-state index contributed by atoms with van der Waals surface area (Å²) in [6, 6.07) is 7.32. The maximum atomic E-state index is 11.3. The Balaban J connectivity index is 2.69. The van der Waals surface area contributed by atoms with E-state index in [9.17, 15) is 9.59 Å². The number of benzene rings is 1. The molecule has 0 aliphatic carbocycles. The molecule has 0 spiro atoms. The van der Waals surface area contributed by atoms with Crippen LogP contribution in [0.1, 0.15) is 18.1 Å². The van der Waals surface area contributed by atoms with Crippen molar-refractivity contribution in [1.29, 1.82) is 0 Å². The molecule has 0 bridgehead atoms. The fourth-order valence-electron chi connectivity index (χ4n) is 2.60. The van der Waals surface area contributed by atoms with Crippen molar-refractivity contribution in [2.45, 2.75) is 11.9 Å². The number of amides is 2. The number of anilines is 2. The van der Waals surface area contributed by atoms with Gasteiger partial charge in [0, 0.05) is 55.8 Å². The Morgan fingerprint density at radius 2 is 1.75 bits per heavy atom. The van der Waals surface area contributed by atoms with Gasteiger partial charge < -0.3 is 16.8 Å². The lowest BCUT2D eigenvalue weighted by atomic mass is 9.96. The van der Waals surface area contributed by atoms with Crippen LogP contribution in [0.15, 0.2) is 39.3 Å². The molecular formula is C19H22N6O2S. The number of rotatable bonds is 7. The first-order valence-electron chi connectivity index (χ1n) is 8.34. The molecule has 0 radical (unpaired) electrons. The summed E-state index contributed by atoms with van der Waals surface area (Å²) in [6.07, 6.45) is 3.30. The molecule has 1 aromatic carbocycles. The highest BCUT2D eigenvalue weighted by atomic mass is 32.2. The number of thioether (sulfide) groups is 1. The summed E-state index contributed by atoms with van der Waals surface area (Å²) in [5.74, 6) is -0.250. The molecular weight excluding hydrogens is 376 g/mol. The van der Waals surface area contributed by atoms with Crippen molar-refractivity contribution in [2.75, 3.05) is 30.9 Å². The summed E-state index contributed by atoms with van der Waals surface area (Å²) in [5, 5.41) is 3.29. The minimum absolute atomic E-state index is 0.0686.